The largest absolute Gasteiger partial charge is 0.337 e. The van der Waals surface area contributed by atoms with Gasteiger partial charge < -0.3 is 4.90 Å². The van der Waals surface area contributed by atoms with Gasteiger partial charge in [-0.2, -0.15) is 0 Å². The zero-order valence-corrected chi connectivity index (χ0v) is 13.5. The molecule has 2 aromatic heterocycles. The van der Waals surface area contributed by atoms with Crippen molar-refractivity contribution in [3.63, 3.8) is 0 Å². The summed E-state index contributed by atoms with van der Waals surface area (Å²) < 4.78 is 0. The van der Waals surface area contributed by atoms with Crippen molar-refractivity contribution in [2.75, 3.05) is 7.05 Å². The van der Waals surface area contributed by atoms with Crippen molar-refractivity contribution in [2.45, 2.75) is 20.4 Å². The van der Waals surface area contributed by atoms with Gasteiger partial charge in [0.25, 0.3) is 5.91 Å². The lowest BCUT2D eigenvalue weighted by Gasteiger charge is -2.06. The van der Waals surface area contributed by atoms with E-state index in [1.807, 2.05) is 19.2 Å². The molecule has 3 heterocycles. The highest BCUT2D eigenvalue weighted by molar-refractivity contribution is 7.18. The van der Waals surface area contributed by atoms with Gasteiger partial charge in [-0.05, 0) is 37.1 Å². The number of nitrogens with zero attached hydrogens (tertiary/aromatic N) is 3. The summed E-state index contributed by atoms with van der Waals surface area (Å²) in [5.74, 6) is 0.0944. The minimum absolute atomic E-state index is 0.0944. The minimum Gasteiger partial charge on any atom is -0.337 e. The van der Waals surface area contributed by atoms with Crippen molar-refractivity contribution < 1.29 is 4.79 Å². The van der Waals surface area contributed by atoms with Crippen LogP contribution in [0.4, 0.5) is 0 Å². The first-order valence-corrected chi connectivity index (χ1v) is 7.97. The Hall–Kier alpha value is -2.27. The van der Waals surface area contributed by atoms with Crippen LogP contribution in [0.2, 0.25) is 0 Å². The quantitative estimate of drug-likeness (QED) is 0.690. The fraction of sp³-hybridized carbons (Fsp3) is 0.235. The normalized spacial score (nSPS) is 14.0. The van der Waals surface area contributed by atoms with Crippen LogP contribution in [0, 0.1) is 13.8 Å². The number of aryl methyl sites for hydroxylation is 2. The number of thiophene rings is 1. The molecule has 4 nitrogen and oxygen atoms in total. The molecule has 1 aliphatic heterocycles. The number of fused-ring (bicyclic) bond motifs is 2. The Labute approximate surface area is 132 Å². The average Bonchev–Trinajstić information content (AvgIpc) is 2.96. The van der Waals surface area contributed by atoms with Crippen LogP contribution in [0.25, 0.3) is 21.5 Å². The minimum atomic E-state index is 0.0944. The van der Waals surface area contributed by atoms with Gasteiger partial charge in [-0.3, -0.25) is 4.79 Å². The molecule has 4 rings (SSSR count). The molecule has 0 saturated carbocycles. The molecule has 22 heavy (non-hydrogen) atoms. The van der Waals surface area contributed by atoms with Crippen molar-refractivity contribution >= 4 is 27.5 Å². The maximum atomic E-state index is 12.0. The third-order valence-electron chi connectivity index (χ3n) is 4.33. The Balaban J connectivity index is 1.94. The topological polar surface area (TPSA) is 46.1 Å². The molecule has 0 atom stereocenters. The average molecular weight is 309 g/mol. The smallest absolute Gasteiger partial charge is 0.254 e. The number of hydrogen-bond donors (Lipinski definition) is 0. The van der Waals surface area contributed by atoms with E-state index in [1.54, 1.807) is 22.6 Å². The second kappa shape index (κ2) is 4.61. The Bertz CT molecular complexity index is 929. The van der Waals surface area contributed by atoms with E-state index in [4.69, 9.17) is 0 Å². The summed E-state index contributed by atoms with van der Waals surface area (Å²) in [5, 5.41) is 1.13. The molecular weight excluding hydrogens is 294 g/mol. The molecule has 3 aromatic rings. The number of carbonyl (C=O) groups excluding carboxylic acids is 1. The summed E-state index contributed by atoms with van der Waals surface area (Å²) in [7, 11) is 1.83. The highest BCUT2D eigenvalue weighted by Gasteiger charge is 2.25. The van der Waals surface area contributed by atoms with Crippen LogP contribution in [-0.4, -0.2) is 27.8 Å². The second-order valence-electron chi connectivity index (χ2n) is 5.72. The van der Waals surface area contributed by atoms with E-state index in [0.29, 0.717) is 6.54 Å². The first-order valence-electron chi connectivity index (χ1n) is 7.15. The van der Waals surface area contributed by atoms with E-state index >= 15 is 0 Å². The molecule has 1 amide bonds. The van der Waals surface area contributed by atoms with Gasteiger partial charge >= 0.3 is 0 Å². The van der Waals surface area contributed by atoms with Gasteiger partial charge in [-0.1, -0.05) is 6.07 Å². The molecule has 0 N–H and O–H groups in total. The molecule has 0 spiro atoms. The lowest BCUT2D eigenvalue weighted by atomic mass is 10.0. The molecule has 1 aliphatic rings. The summed E-state index contributed by atoms with van der Waals surface area (Å²) in [6, 6.07) is 5.99. The first kappa shape index (κ1) is 13.4. The van der Waals surface area contributed by atoms with Crippen molar-refractivity contribution in [1.29, 1.82) is 0 Å². The summed E-state index contributed by atoms with van der Waals surface area (Å²) in [6.07, 6.45) is 1.62. The summed E-state index contributed by atoms with van der Waals surface area (Å²) >= 11 is 1.70. The Kier molecular flexibility index (Phi) is 2.81. The first-order chi connectivity index (χ1) is 10.6. The highest BCUT2D eigenvalue weighted by Crippen LogP contribution is 2.36. The van der Waals surface area contributed by atoms with Crippen molar-refractivity contribution in [3.8, 4) is 11.3 Å². The van der Waals surface area contributed by atoms with Crippen molar-refractivity contribution in [2.24, 2.45) is 0 Å². The molecule has 0 bridgehead atoms. The number of benzene rings is 1. The summed E-state index contributed by atoms with van der Waals surface area (Å²) in [5.41, 5.74) is 5.12. The van der Waals surface area contributed by atoms with Crippen LogP contribution < -0.4 is 0 Å². The maximum absolute atomic E-state index is 12.0. The fourth-order valence-electron chi connectivity index (χ4n) is 3.01. The molecule has 0 radical (unpaired) electrons. The molecular formula is C17H15N3OS. The van der Waals surface area contributed by atoms with E-state index in [-0.39, 0.29) is 5.91 Å². The molecule has 110 valence electrons. The van der Waals surface area contributed by atoms with E-state index in [0.717, 1.165) is 32.6 Å². The van der Waals surface area contributed by atoms with Gasteiger partial charge in [0.1, 0.15) is 11.2 Å². The van der Waals surface area contributed by atoms with Crippen LogP contribution in [-0.2, 0) is 6.54 Å². The zero-order valence-electron chi connectivity index (χ0n) is 12.7. The number of carbonyl (C=O) groups is 1. The van der Waals surface area contributed by atoms with Crippen LogP contribution in [0.3, 0.4) is 0 Å². The molecule has 0 aliphatic carbocycles. The highest BCUT2D eigenvalue weighted by atomic mass is 32.1. The van der Waals surface area contributed by atoms with E-state index < -0.39 is 0 Å². The van der Waals surface area contributed by atoms with Crippen molar-refractivity contribution in [3.05, 3.63) is 46.1 Å². The SMILES string of the molecule is Cc1sc2ncnc(-c3ccc4c(c3)CN(C)C4=O)c2c1C. The summed E-state index contributed by atoms with van der Waals surface area (Å²) in [4.78, 5) is 25.0. The number of hydrogen-bond acceptors (Lipinski definition) is 4. The molecule has 0 unspecified atom stereocenters. The summed E-state index contributed by atoms with van der Waals surface area (Å²) in [6.45, 7) is 4.89. The predicted molar refractivity (Wildman–Crippen MR) is 88.1 cm³/mol. The van der Waals surface area contributed by atoms with Gasteiger partial charge in [-0.25, -0.2) is 9.97 Å². The lowest BCUT2D eigenvalue weighted by Crippen LogP contribution is -2.17. The van der Waals surface area contributed by atoms with Crippen molar-refractivity contribution in [1.82, 2.24) is 14.9 Å². The maximum Gasteiger partial charge on any atom is 0.254 e. The third-order valence-corrected chi connectivity index (χ3v) is 5.44. The van der Waals surface area contributed by atoms with Crippen LogP contribution >= 0.6 is 11.3 Å². The van der Waals surface area contributed by atoms with Gasteiger partial charge in [0.05, 0.1) is 5.69 Å². The Morgan fingerprint density at radius 2 is 2.05 bits per heavy atom. The van der Waals surface area contributed by atoms with E-state index in [1.165, 1.54) is 10.4 Å². The van der Waals surface area contributed by atoms with Gasteiger partial charge in [0, 0.05) is 35.0 Å². The Morgan fingerprint density at radius 3 is 2.86 bits per heavy atom. The Morgan fingerprint density at radius 1 is 1.23 bits per heavy atom. The zero-order chi connectivity index (χ0) is 15.4. The van der Waals surface area contributed by atoms with Crippen LogP contribution in [0.5, 0.6) is 0 Å². The van der Waals surface area contributed by atoms with Gasteiger partial charge in [-0.15, -0.1) is 11.3 Å². The van der Waals surface area contributed by atoms with E-state index in [2.05, 4.69) is 29.9 Å². The fourth-order valence-corrected chi connectivity index (χ4v) is 4.01. The van der Waals surface area contributed by atoms with Crippen LogP contribution in [0.1, 0.15) is 26.4 Å². The third kappa shape index (κ3) is 1.78. The van der Waals surface area contributed by atoms with E-state index in [9.17, 15) is 4.79 Å². The number of rotatable bonds is 1. The van der Waals surface area contributed by atoms with Gasteiger partial charge in [0.2, 0.25) is 0 Å². The number of aromatic nitrogens is 2. The molecule has 1 aromatic carbocycles. The van der Waals surface area contributed by atoms with Gasteiger partial charge in [0.15, 0.2) is 0 Å². The molecule has 0 saturated heterocycles. The monoisotopic (exact) mass is 309 g/mol. The second-order valence-corrected chi connectivity index (χ2v) is 6.92. The molecule has 5 heteroatoms. The lowest BCUT2D eigenvalue weighted by molar-refractivity contribution is 0.0816. The molecule has 0 fully saturated rings. The number of amides is 1. The predicted octanol–water partition coefficient (Wildman–Crippen LogP) is 3.56. The van der Waals surface area contributed by atoms with Crippen LogP contribution in [0.15, 0.2) is 24.5 Å². The standard InChI is InChI=1S/C17H15N3OS/c1-9-10(2)22-16-14(9)15(18-8-19-16)11-4-5-13-12(6-11)7-20(3)17(13)21/h4-6,8H,7H2,1-3H3.